The predicted molar refractivity (Wildman–Crippen MR) is 42.9 cm³/mol. The van der Waals surface area contributed by atoms with Crippen LogP contribution in [0.25, 0.3) is 0 Å². The molecule has 0 fully saturated rings. The molecular formula is C7H13N3. The van der Waals surface area contributed by atoms with E-state index in [9.17, 15) is 0 Å². The Morgan fingerprint density at radius 1 is 1.70 bits per heavy atom. The van der Waals surface area contributed by atoms with Crippen molar-refractivity contribution in [1.82, 2.24) is 10.2 Å². The van der Waals surface area contributed by atoms with Crippen LogP contribution in [0.1, 0.15) is 6.92 Å². The lowest BCUT2D eigenvalue weighted by atomic mass is 10.4. The summed E-state index contributed by atoms with van der Waals surface area (Å²) in [4.78, 5) is 6.19. The minimum atomic E-state index is 0.273. The van der Waals surface area contributed by atoms with Crippen LogP contribution in [0.3, 0.4) is 0 Å². The maximum absolute atomic E-state index is 4.02. The maximum atomic E-state index is 4.02. The molecule has 1 aliphatic heterocycles. The molecule has 10 heavy (non-hydrogen) atoms. The van der Waals surface area contributed by atoms with E-state index in [4.69, 9.17) is 0 Å². The average molecular weight is 139 g/mol. The number of hydrogen-bond donors (Lipinski definition) is 1. The molecule has 0 saturated carbocycles. The summed E-state index contributed by atoms with van der Waals surface area (Å²) in [5, 5.41) is 3.17. The molecule has 0 aromatic carbocycles. The number of hydrogen-bond acceptors (Lipinski definition) is 3. The van der Waals surface area contributed by atoms with E-state index in [2.05, 4.69) is 29.2 Å². The zero-order chi connectivity index (χ0) is 7.40. The van der Waals surface area contributed by atoms with Crippen LogP contribution in [-0.2, 0) is 0 Å². The summed E-state index contributed by atoms with van der Waals surface area (Å²) >= 11 is 0. The fourth-order valence-electron chi connectivity index (χ4n) is 0.797. The van der Waals surface area contributed by atoms with Gasteiger partial charge in [0.25, 0.3) is 0 Å². The minimum absolute atomic E-state index is 0.273. The molecule has 1 heterocycles. The van der Waals surface area contributed by atoms with E-state index >= 15 is 0 Å². The first-order valence-corrected chi connectivity index (χ1v) is 3.49. The highest BCUT2D eigenvalue weighted by Crippen LogP contribution is 1.92. The molecule has 0 aliphatic carbocycles. The molecule has 1 aliphatic rings. The van der Waals surface area contributed by atoms with E-state index in [1.165, 1.54) is 0 Å². The second-order valence-corrected chi connectivity index (χ2v) is 2.30. The summed E-state index contributed by atoms with van der Waals surface area (Å²) in [6.45, 7) is 3.14. The van der Waals surface area contributed by atoms with E-state index in [0.717, 1.165) is 6.54 Å². The molecule has 1 unspecified atom stereocenters. The van der Waals surface area contributed by atoms with Gasteiger partial charge in [0, 0.05) is 18.6 Å². The topological polar surface area (TPSA) is 27.6 Å². The van der Waals surface area contributed by atoms with Crippen molar-refractivity contribution in [3.63, 3.8) is 0 Å². The Hall–Kier alpha value is -0.830. The van der Waals surface area contributed by atoms with Crippen molar-refractivity contribution in [3.05, 3.63) is 12.4 Å². The van der Waals surface area contributed by atoms with Crippen molar-refractivity contribution in [2.24, 2.45) is 4.99 Å². The van der Waals surface area contributed by atoms with Crippen LogP contribution in [0.15, 0.2) is 17.4 Å². The summed E-state index contributed by atoms with van der Waals surface area (Å²) in [6.07, 6.45) is 5.77. The van der Waals surface area contributed by atoms with Gasteiger partial charge in [0.1, 0.15) is 6.17 Å². The van der Waals surface area contributed by atoms with Crippen molar-refractivity contribution in [1.29, 1.82) is 0 Å². The minimum Gasteiger partial charge on any atom is -0.370 e. The smallest absolute Gasteiger partial charge is 0.115 e. The lowest BCUT2D eigenvalue weighted by Crippen LogP contribution is -2.43. The van der Waals surface area contributed by atoms with Crippen molar-refractivity contribution < 1.29 is 0 Å². The first-order valence-electron chi connectivity index (χ1n) is 3.49. The van der Waals surface area contributed by atoms with Gasteiger partial charge in [-0.25, -0.2) is 0 Å². The predicted octanol–water partition coefficient (Wildman–Crippen LogP) is 0.409. The Bertz CT molecular complexity index is 151. The van der Waals surface area contributed by atoms with Gasteiger partial charge in [0.2, 0.25) is 0 Å². The Kier molecular flexibility index (Phi) is 2.45. The molecule has 0 radical (unpaired) electrons. The molecule has 0 amide bonds. The monoisotopic (exact) mass is 139 g/mol. The molecule has 3 nitrogen and oxygen atoms in total. The molecule has 0 aromatic heterocycles. The summed E-state index contributed by atoms with van der Waals surface area (Å²) in [6, 6.07) is 0. The van der Waals surface area contributed by atoms with Crippen LogP contribution < -0.4 is 5.32 Å². The van der Waals surface area contributed by atoms with Gasteiger partial charge in [-0.15, -0.1) is 0 Å². The van der Waals surface area contributed by atoms with E-state index in [1.54, 1.807) is 6.20 Å². The first kappa shape index (κ1) is 7.28. The zero-order valence-corrected chi connectivity index (χ0v) is 6.41. The summed E-state index contributed by atoms with van der Waals surface area (Å²) in [5.41, 5.74) is 0. The third kappa shape index (κ3) is 1.57. The van der Waals surface area contributed by atoms with Crippen molar-refractivity contribution in [3.8, 4) is 0 Å². The van der Waals surface area contributed by atoms with Crippen LogP contribution in [0, 0.1) is 0 Å². The Morgan fingerprint density at radius 3 is 3.00 bits per heavy atom. The van der Waals surface area contributed by atoms with E-state index in [0.29, 0.717) is 0 Å². The molecule has 0 saturated heterocycles. The van der Waals surface area contributed by atoms with E-state index in [1.807, 2.05) is 12.4 Å². The second-order valence-electron chi connectivity index (χ2n) is 2.30. The van der Waals surface area contributed by atoms with Gasteiger partial charge in [-0.2, -0.15) is 0 Å². The van der Waals surface area contributed by atoms with Gasteiger partial charge >= 0.3 is 0 Å². The zero-order valence-electron chi connectivity index (χ0n) is 6.41. The van der Waals surface area contributed by atoms with Crippen molar-refractivity contribution >= 4 is 6.21 Å². The highest BCUT2D eigenvalue weighted by atomic mass is 15.2. The fraction of sp³-hybridized carbons (Fsp3) is 0.571. The van der Waals surface area contributed by atoms with Crippen LogP contribution in [0.4, 0.5) is 0 Å². The largest absolute Gasteiger partial charge is 0.370 e. The molecule has 1 atom stereocenters. The molecule has 0 bridgehead atoms. The van der Waals surface area contributed by atoms with Gasteiger partial charge in [0.15, 0.2) is 0 Å². The lowest BCUT2D eigenvalue weighted by Gasteiger charge is -2.24. The number of aliphatic imine (C=N–C) groups is 1. The van der Waals surface area contributed by atoms with E-state index in [-0.39, 0.29) is 6.17 Å². The first-order chi connectivity index (χ1) is 4.84. The van der Waals surface area contributed by atoms with Gasteiger partial charge in [0.05, 0.1) is 0 Å². The highest BCUT2D eigenvalue weighted by Gasteiger charge is 2.08. The quantitative estimate of drug-likeness (QED) is 0.600. The van der Waals surface area contributed by atoms with Gasteiger partial charge in [-0.1, -0.05) is 6.92 Å². The Morgan fingerprint density at radius 2 is 2.50 bits per heavy atom. The van der Waals surface area contributed by atoms with Gasteiger partial charge in [-0.3, -0.25) is 9.89 Å². The Labute approximate surface area is 61.4 Å². The molecule has 1 rings (SSSR count). The van der Waals surface area contributed by atoms with Crippen LogP contribution in [0.5, 0.6) is 0 Å². The summed E-state index contributed by atoms with van der Waals surface area (Å²) < 4.78 is 0. The Balaban J connectivity index is 2.42. The fourth-order valence-corrected chi connectivity index (χ4v) is 0.797. The molecule has 0 aromatic rings. The third-order valence-electron chi connectivity index (χ3n) is 1.63. The second kappa shape index (κ2) is 3.37. The normalized spacial score (nSPS) is 23.3. The number of nitrogens with one attached hydrogen (secondary N) is 1. The highest BCUT2D eigenvalue weighted by molar-refractivity contribution is 5.65. The summed E-state index contributed by atoms with van der Waals surface area (Å²) in [5.74, 6) is 0. The van der Waals surface area contributed by atoms with Crippen LogP contribution >= 0.6 is 0 Å². The van der Waals surface area contributed by atoms with E-state index < -0.39 is 0 Å². The molecular weight excluding hydrogens is 126 g/mol. The maximum Gasteiger partial charge on any atom is 0.115 e. The molecule has 0 spiro atoms. The van der Waals surface area contributed by atoms with Crippen molar-refractivity contribution in [2.75, 3.05) is 13.6 Å². The average Bonchev–Trinajstić information content (AvgIpc) is 2.05. The van der Waals surface area contributed by atoms with Crippen LogP contribution in [0.2, 0.25) is 0 Å². The third-order valence-corrected chi connectivity index (χ3v) is 1.63. The standard InChI is InChI=1S/C7H13N3/c1-3-10(2)7-6-8-4-5-9-7/h4-7,9H,3H2,1-2H3. The van der Waals surface area contributed by atoms with Gasteiger partial charge in [-0.05, 0) is 13.6 Å². The molecule has 1 N–H and O–H groups in total. The van der Waals surface area contributed by atoms with Crippen LogP contribution in [-0.4, -0.2) is 30.9 Å². The SMILES string of the molecule is CCN(C)C1C=NC=CN1. The summed E-state index contributed by atoms with van der Waals surface area (Å²) in [7, 11) is 2.06. The number of rotatable bonds is 2. The number of nitrogens with zero attached hydrogens (tertiary/aromatic N) is 2. The molecule has 3 heteroatoms. The lowest BCUT2D eigenvalue weighted by molar-refractivity contribution is 0.294. The van der Waals surface area contributed by atoms with Crippen molar-refractivity contribution in [2.45, 2.75) is 13.1 Å². The molecule has 56 valence electrons. The van der Waals surface area contributed by atoms with Gasteiger partial charge < -0.3 is 5.32 Å².